The zero-order valence-corrected chi connectivity index (χ0v) is 10.7. The van der Waals surface area contributed by atoms with E-state index in [1.54, 1.807) is 0 Å². The van der Waals surface area contributed by atoms with Crippen LogP contribution in [0.5, 0.6) is 0 Å². The molecule has 0 aromatic rings. The second-order valence-corrected chi connectivity index (χ2v) is 6.38. The van der Waals surface area contributed by atoms with Gasteiger partial charge in [-0.3, -0.25) is 0 Å². The first-order valence-electron chi connectivity index (χ1n) is 5.57. The monoisotopic (exact) mass is 245 g/mol. The van der Waals surface area contributed by atoms with E-state index in [0.717, 1.165) is 12.8 Å². The summed E-state index contributed by atoms with van der Waals surface area (Å²) >= 11 is 0. The molecule has 1 saturated heterocycles. The van der Waals surface area contributed by atoms with E-state index in [2.05, 4.69) is 6.92 Å². The fraction of sp³-hybridized carbons (Fsp3) is 0.900. The normalized spacial score (nSPS) is 23.2. The van der Waals surface area contributed by atoms with Gasteiger partial charge in [0, 0.05) is 33.1 Å². The Morgan fingerprint density at radius 3 is 2.81 bits per heavy atom. The first-order chi connectivity index (χ1) is 7.48. The first kappa shape index (κ1) is 13.4. The minimum atomic E-state index is -3.35. The van der Waals surface area contributed by atoms with Crippen LogP contribution in [0.3, 0.4) is 0 Å². The van der Waals surface area contributed by atoms with Crippen molar-refractivity contribution in [2.75, 3.05) is 26.7 Å². The smallest absolute Gasteiger partial charge is 0.198 e. The van der Waals surface area contributed by atoms with Crippen LogP contribution in [0.2, 0.25) is 0 Å². The molecule has 1 aliphatic heterocycles. The van der Waals surface area contributed by atoms with Crippen LogP contribution in [0.1, 0.15) is 26.2 Å². The second-order valence-electron chi connectivity index (χ2n) is 4.34. The van der Waals surface area contributed by atoms with Gasteiger partial charge in [0.2, 0.25) is 0 Å². The lowest BCUT2D eigenvalue weighted by atomic mass is 10.0. The van der Waals surface area contributed by atoms with E-state index in [-0.39, 0.29) is 13.0 Å². The molecule has 0 N–H and O–H groups in total. The summed E-state index contributed by atoms with van der Waals surface area (Å²) in [5.41, 5.74) is 0. The molecule has 1 fully saturated rings. The number of hydrogen-bond donors (Lipinski definition) is 0. The van der Waals surface area contributed by atoms with Gasteiger partial charge in [0.05, 0.1) is 6.07 Å². The molecule has 0 saturated carbocycles. The quantitative estimate of drug-likeness (QED) is 0.736. The highest BCUT2D eigenvalue weighted by Crippen LogP contribution is 2.19. The van der Waals surface area contributed by atoms with Gasteiger partial charge in [-0.15, -0.1) is 0 Å². The number of hydrogen-bond acceptors (Lipinski definition) is 3. The fourth-order valence-corrected chi connectivity index (χ4v) is 3.39. The van der Waals surface area contributed by atoms with Gasteiger partial charge in [0.15, 0.2) is 0 Å². The van der Waals surface area contributed by atoms with Gasteiger partial charge in [-0.25, -0.2) is 0 Å². The highest BCUT2D eigenvalue weighted by atomic mass is 32.2. The van der Waals surface area contributed by atoms with Crippen molar-refractivity contribution in [2.24, 2.45) is 5.92 Å². The lowest BCUT2D eigenvalue weighted by Crippen LogP contribution is -2.46. The summed E-state index contributed by atoms with van der Waals surface area (Å²) in [6, 6.07) is 1.96. The van der Waals surface area contributed by atoms with Gasteiger partial charge < -0.3 is 0 Å². The second kappa shape index (κ2) is 5.62. The van der Waals surface area contributed by atoms with Gasteiger partial charge in [-0.2, -0.15) is 22.3 Å². The Kier molecular flexibility index (Phi) is 4.71. The maximum Gasteiger partial charge on any atom is 0.281 e. The molecule has 92 valence electrons. The topological polar surface area (TPSA) is 64.4 Å². The van der Waals surface area contributed by atoms with Crippen molar-refractivity contribution in [3.05, 3.63) is 0 Å². The molecule has 1 unspecified atom stereocenters. The highest BCUT2D eigenvalue weighted by molar-refractivity contribution is 7.86. The molecule has 0 amide bonds. The van der Waals surface area contributed by atoms with Crippen LogP contribution < -0.4 is 0 Å². The lowest BCUT2D eigenvalue weighted by Gasteiger charge is -2.32. The van der Waals surface area contributed by atoms with Crippen LogP contribution in [0.25, 0.3) is 0 Å². The molecule has 0 radical (unpaired) electrons. The molecule has 0 bridgehead atoms. The van der Waals surface area contributed by atoms with Gasteiger partial charge in [0.25, 0.3) is 10.2 Å². The lowest BCUT2D eigenvalue weighted by molar-refractivity contribution is 0.264. The van der Waals surface area contributed by atoms with Crippen LogP contribution in [-0.4, -0.2) is 43.7 Å². The Labute approximate surface area is 97.8 Å². The Hall–Kier alpha value is -0.640. The predicted molar refractivity (Wildman–Crippen MR) is 61.8 cm³/mol. The van der Waals surface area contributed by atoms with Crippen molar-refractivity contribution in [1.82, 2.24) is 8.61 Å². The van der Waals surface area contributed by atoms with Crippen molar-refractivity contribution in [2.45, 2.75) is 26.2 Å². The summed E-state index contributed by atoms with van der Waals surface area (Å²) in [5, 5.41) is 8.45. The van der Waals surface area contributed by atoms with Crippen LogP contribution in [0, 0.1) is 17.2 Å². The minimum absolute atomic E-state index is 0.235. The van der Waals surface area contributed by atoms with Crippen molar-refractivity contribution >= 4 is 10.2 Å². The van der Waals surface area contributed by atoms with Gasteiger partial charge in [-0.05, 0) is 18.8 Å². The molecule has 1 aliphatic rings. The van der Waals surface area contributed by atoms with E-state index in [0.29, 0.717) is 19.0 Å². The maximum atomic E-state index is 12.1. The fourth-order valence-electron chi connectivity index (χ4n) is 1.88. The highest BCUT2D eigenvalue weighted by Gasteiger charge is 2.29. The van der Waals surface area contributed by atoms with Crippen LogP contribution in [0.15, 0.2) is 0 Å². The van der Waals surface area contributed by atoms with E-state index in [1.807, 2.05) is 6.07 Å². The molecular formula is C10H19N3O2S. The van der Waals surface area contributed by atoms with Crippen LogP contribution in [0.4, 0.5) is 0 Å². The number of rotatable bonds is 4. The molecule has 6 heteroatoms. The molecule has 1 atom stereocenters. The molecule has 0 spiro atoms. The summed E-state index contributed by atoms with van der Waals surface area (Å²) < 4.78 is 27.0. The Morgan fingerprint density at radius 2 is 2.25 bits per heavy atom. The summed E-state index contributed by atoms with van der Waals surface area (Å²) in [6.07, 6.45) is 2.25. The Morgan fingerprint density at radius 1 is 1.56 bits per heavy atom. The van der Waals surface area contributed by atoms with E-state index < -0.39 is 10.2 Å². The summed E-state index contributed by atoms with van der Waals surface area (Å²) in [7, 11) is -1.82. The molecular weight excluding hydrogens is 226 g/mol. The molecule has 1 rings (SSSR count). The third kappa shape index (κ3) is 3.17. The molecule has 5 nitrogen and oxygen atoms in total. The summed E-state index contributed by atoms with van der Waals surface area (Å²) in [5.74, 6) is 0.424. The van der Waals surface area contributed by atoms with Crippen molar-refractivity contribution < 1.29 is 8.42 Å². The van der Waals surface area contributed by atoms with Crippen molar-refractivity contribution in [3.8, 4) is 6.07 Å². The number of nitrogens with zero attached hydrogens (tertiary/aromatic N) is 3. The Balaban J connectivity index is 2.65. The first-order valence-corrected chi connectivity index (χ1v) is 6.96. The van der Waals surface area contributed by atoms with Crippen molar-refractivity contribution in [1.29, 1.82) is 5.26 Å². The number of piperidine rings is 1. The maximum absolute atomic E-state index is 12.1. The van der Waals surface area contributed by atoms with E-state index >= 15 is 0 Å². The van der Waals surface area contributed by atoms with Crippen molar-refractivity contribution in [3.63, 3.8) is 0 Å². The van der Waals surface area contributed by atoms with E-state index in [1.165, 1.54) is 15.7 Å². The van der Waals surface area contributed by atoms with Crippen LogP contribution >= 0.6 is 0 Å². The Bertz CT molecular complexity index is 361. The van der Waals surface area contributed by atoms with Crippen LogP contribution in [-0.2, 0) is 10.2 Å². The zero-order valence-electron chi connectivity index (χ0n) is 9.89. The van der Waals surface area contributed by atoms with E-state index in [4.69, 9.17) is 5.26 Å². The SMILES string of the molecule is CC1CCCN(S(=O)(=O)N(C)CCC#N)C1. The third-order valence-corrected chi connectivity index (χ3v) is 4.83. The summed E-state index contributed by atoms with van der Waals surface area (Å²) in [6.45, 7) is 3.53. The third-order valence-electron chi connectivity index (χ3n) is 2.88. The van der Waals surface area contributed by atoms with E-state index in [9.17, 15) is 8.42 Å². The standard InChI is InChI=1S/C10H19N3O2S/c1-10-5-3-8-13(9-10)16(14,15)12(2)7-4-6-11/h10H,3-5,7-9H2,1-2H3. The van der Waals surface area contributed by atoms with Gasteiger partial charge >= 0.3 is 0 Å². The zero-order chi connectivity index (χ0) is 12.2. The molecule has 16 heavy (non-hydrogen) atoms. The molecule has 0 aliphatic carbocycles. The largest absolute Gasteiger partial charge is 0.281 e. The average molecular weight is 245 g/mol. The average Bonchev–Trinajstić information content (AvgIpc) is 2.25. The molecule has 1 heterocycles. The van der Waals surface area contributed by atoms with Gasteiger partial charge in [-0.1, -0.05) is 6.92 Å². The number of nitriles is 1. The molecule has 0 aromatic heterocycles. The molecule has 0 aromatic carbocycles. The predicted octanol–water partition coefficient (Wildman–Crippen LogP) is 0.809. The summed E-state index contributed by atoms with van der Waals surface area (Å²) in [4.78, 5) is 0. The van der Waals surface area contributed by atoms with Gasteiger partial charge in [0.1, 0.15) is 0 Å². The minimum Gasteiger partial charge on any atom is -0.198 e.